The highest BCUT2D eigenvalue weighted by Crippen LogP contribution is 2.44. The number of anilines is 3. The van der Waals surface area contributed by atoms with Crippen molar-refractivity contribution in [2.24, 2.45) is 0 Å². The molecule has 0 N–H and O–H groups in total. The van der Waals surface area contributed by atoms with E-state index < -0.39 is 0 Å². The normalized spacial score (nSPS) is 11.5. The van der Waals surface area contributed by atoms with Crippen LogP contribution < -0.4 is 4.90 Å². The Morgan fingerprint density at radius 1 is 0.112 bits per heavy atom. The van der Waals surface area contributed by atoms with Crippen molar-refractivity contribution < 1.29 is 0 Å². The van der Waals surface area contributed by atoms with Gasteiger partial charge in [-0.05, 0) is 247 Å². The van der Waals surface area contributed by atoms with Crippen molar-refractivity contribution in [3.8, 4) is 112 Å². The van der Waals surface area contributed by atoms with E-state index in [1.54, 1.807) is 0 Å². The van der Waals surface area contributed by atoms with Crippen molar-refractivity contribution in [2.75, 3.05) is 4.90 Å². The van der Waals surface area contributed by atoms with Gasteiger partial charge in [-0.15, -0.1) is 0 Å². The summed E-state index contributed by atoms with van der Waals surface area (Å²) in [5, 5.41) is 10.1. The van der Waals surface area contributed by atoms with Gasteiger partial charge in [-0.1, -0.05) is 334 Å². The second kappa shape index (κ2) is 31.5. The zero-order valence-electron chi connectivity index (χ0n) is 68.5. The van der Waals surface area contributed by atoms with E-state index in [9.17, 15) is 0 Å². The maximum Gasteiger partial charge on any atom is 0.0541 e. The van der Waals surface area contributed by atoms with Crippen LogP contribution >= 0.6 is 0 Å². The Hall–Kier alpha value is -16.6. The van der Waals surface area contributed by atoms with E-state index in [0.717, 1.165) is 50.9 Å². The van der Waals surface area contributed by atoms with Gasteiger partial charge in [-0.2, -0.15) is 0 Å². The van der Waals surface area contributed by atoms with Gasteiger partial charge in [0.05, 0.1) is 44.1 Å². The molecule has 125 heavy (non-hydrogen) atoms. The molecular formula is C120H81N5. The Balaban J connectivity index is 0.000000147. The molecule has 0 radical (unpaired) electrons. The first kappa shape index (κ1) is 73.5. The Morgan fingerprint density at radius 2 is 0.272 bits per heavy atom. The first-order chi connectivity index (χ1) is 62.0. The molecule has 586 valence electrons. The van der Waals surface area contributed by atoms with Gasteiger partial charge in [0.2, 0.25) is 0 Å². The van der Waals surface area contributed by atoms with Crippen LogP contribution in [-0.2, 0) is 0 Å². The topological polar surface area (TPSA) is 23.0 Å². The van der Waals surface area contributed by atoms with Gasteiger partial charge in [0.25, 0.3) is 0 Å². The first-order valence-corrected chi connectivity index (χ1v) is 42.9. The molecule has 0 amide bonds. The maximum absolute atomic E-state index is 2.40. The zero-order chi connectivity index (χ0) is 82.7. The molecule has 4 aromatic heterocycles. The van der Waals surface area contributed by atoms with Gasteiger partial charge in [0, 0.05) is 82.9 Å². The summed E-state index contributed by atoms with van der Waals surface area (Å²) >= 11 is 0. The third kappa shape index (κ3) is 13.5. The predicted octanol–water partition coefficient (Wildman–Crippen LogP) is 32.6. The molecule has 24 rings (SSSR count). The average molecular weight is 1590 g/mol. The number of aromatic nitrogens is 4. The molecule has 4 heterocycles. The van der Waals surface area contributed by atoms with E-state index >= 15 is 0 Å². The summed E-state index contributed by atoms with van der Waals surface area (Å²) in [6.45, 7) is 0. The van der Waals surface area contributed by atoms with Crippen LogP contribution in [0.3, 0.4) is 0 Å². The minimum atomic E-state index is 1.08. The monoisotopic (exact) mass is 1590 g/mol. The Labute approximate surface area is 725 Å². The van der Waals surface area contributed by atoms with Crippen molar-refractivity contribution in [1.82, 2.24) is 18.3 Å². The number of hydrogen-bond acceptors (Lipinski definition) is 1. The average Bonchev–Trinajstić information content (AvgIpc) is 1.63. The first-order valence-electron chi connectivity index (χ1n) is 42.9. The van der Waals surface area contributed by atoms with Gasteiger partial charge in [-0.3, -0.25) is 0 Å². The number of nitrogens with zero attached hydrogens (tertiary/aromatic N) is 5. The van der Waals surface area contributed by atoms with E-state index in [1.165, 1.54) is 165 Å². The fourth-order valence-electron chi connectivity index (χ4n) is 19.1. The maximum atomic E-state index is 2.40. The van der Waals surface area contributed by atoms with Gasteiger partial charge in [-0.25, -0.2) is 0 Å². The lowest BCUT2D eigenvalue weighted by Crippen LogP contribution is -2.09. The summed E-state index contributed by atoms with van der Waals surface area (Å²) in [5.41, 5.74) is 36.4. The molecule has 0 unspecified atom stereocenters. The van der Waals surface area contributed by atoms with E-state index in [1.807, 2.05) is 0 Å². The zero-order valence-corrected chi connectivity index (χ0v) is 68.5. The second-order valence-electron chi connectivity index (χ2n) is 32.3. The number of para-hydroxylation sites is 8. The third-order valence-electron chi connectivity index (χ3n) is 25.0. The van der Waals surface area contributed by atoms with Crippen LogP contribution in [-0.4, -0.2) is 18.3 Å². The predicted molar refractivity (Wildman–Crippen MR) is 528 cm³/mol. The van der Waals surface area contributed by atoms with Gasteiger partial charge in [0.1, 0.15) is 0 Å². The largest absolute Gasteiger partial charge is 0.311 e. The van der Waals surface area contributed by atoms with Crippen molar-refractivity contribution in [3.63, 3.8) is 0 Å². The van der Waals surface area contributed by atoms with Gasteiger partial charge < -0.3 is 23.2 Å². The van der Waals surface area contributed by atoms with Crippen molar-refractivity contribution in [1.29, 1.82) is 0 Å². The van der Waals surface area contributed by atoms with Crippen LogP contribution in [0.25, 0.3) is 199 Å². The highest BCUT2D eigenvalue weighted by atomic mass is 15.1. The number of rotatable bonds is 15. The molecule has 0 aliphatic rings. The Kier molecular flexibility index (Phi) is 18.5. The molecule has 0 saturated carbocycles. The molecule has 0 bridgehead atoms. The third-order valence-corrected chi connectivity index (χ3v) is 25.0. The smallest absolute Gasteiger partial charge is 0.0541 e. The fourth-order valence-corrected chi connectivity index (χ4v) is 19.1. The SMILES string of the molecule is c1ccc(-c2ccc(-c3cc(-c4cccc(-n5c6ccccc6c6ccccc65)c4)cc(-c4cccc(-n5c6ccccc6c6ccccc65)c4)c3)cc2)cc1.c1ccc(-c2cccc(-c3ccc(N(c4ccc(-c5cccc(-n6c7ccccc7c7ccccc76)c5)cc4)c4ccc(-c5cccc(-n6c7ccccc7c7ccccc76)c5)cc4)cc3)c2)cc1. The minimum absolute atomic E-state index is 1.08. The summed E-state index contributed by atoms with van der Waals surface area (Å²) in [4.78, 5) is 2.36. The van der Waals surface area contributed by atoms with E-state index in [4.69, 9.17) is 0 Å². The summed E-state index contributed by atoms with van der Waals surface area (Å²) in [7, 11) is 0. The van der Waals surface area contributed by atoms with Crippen LogP contribution in [0.2, 0.25) is 0 Å². The lowest BCUT2D eigenvalue weighted by atomic mass is 9.92. The molecule has 0 saturated heterocycles. The van der Waals surface area contributed by atoms with Gasteiger partial charge >= 0.3 is 0 Å². The van der Waals surface area contributed by atoms with Crippen molar-refractivity contribution >= 4 is 104 Å². The van der Waals surface area contributed by atoms with Crippen LogP contribution in [0, 0.1) is 0 Å². The highest BCUT2D eigenvalue weighted by molar-refractivity contribution is 6.13. The van der Waals surface area contributed by atoms with Crippen molar-refractivity contribution in [2.45, 2.75) is 0 Å². The number of fused-ring (bicyclic) bond motifs is 12. The van der Waals surface area contributed by atoms with Crippen LogP contribution in [0.15, 0.2) is 491 Å². The van der Waals surface area contributed by atoms with Gasteiger partial charge in [0.15, 0.2) is 0 Å². The molecule has 20 aromatic carbocycles. The molecule has 0 aliphatic heterocycles. The van der Waals surface area contributed by atoms with E-state index in [2.05, 4.69) is 515 Å². The minimum Gasteiger partial charge on any atom is -0.311 e. The number of hydrogen-bond donors (Lipinski definition) is 0. The molecule has 5 heteroatoms. The molecular weight excluding hydrogens is 1510 g/mol. The molecule has 5 nitrogen and oxygen atoms in total. The van der Waals surface area contributed by atoms with Crippen LogP contribution in [0.1, 0.15) is 0 Å². The second-order valence-corrected chi connectivity index (χ2v) is 32.3. The summed E-state index contributed by atoms with van der Waals surface area (Å²) in [6, 6.07) is 179. The Morgan fingerprint density at radius 3 is 0.536 bits per heavy atom. The highest BCUT2D eigenvalue weighted by Gasteiger charge is 2.21. The lowest BCUT2D eigenvalue weighted by Gasteiger charge is -2.26. The van der Waals surface area contributed by atoms with Crippen LogP contribution in [0.4, 0.5) is 17.1 Å². The molecule has 0 atom stereocenters. The Bertz CT molecular complexity index is 7600. The van der Waals surface area contributed by atoms with Crippen molar-refractivity contribution in [3.05, 3.63) is 491 Å². The summed E-state index contributed by atoms with van der Waals surface area (Å²) < 4.78 is 9.57. The van der Waals surface area contributed by atoms with Crippen LogP contribution in [0.5, 0.6) is 0 Å². The molecule has 0 aliphatic carbocycles. The lowest BCUT2D eigenvalue weighted by molar-refractivity contribution is 1.18. The van der Waals surface area contributed by atoms with E-state index in [-0.39, 0.29) is 0 Å². The molecule has 24 aromatic rings. The summed E-state index contributed by atoms with van der Waals surface area (Å²) in [5.74, 6) is 0. The summed E-state index contributed by atoms with van der Waals surface area (Å²) in [6.07, 6.45) is 0. The number of benzene rings is 20. The fraction of sp³-hybridized carbons (Fsp3) is 0. The van der Waals surface area contributed by atoms with E-state index in [0.29, 0.717) is 0 Å². The molecule has 0 spiro atoms. The molecule has 0 fully saturated rings. The quantitative estimate of drug-likeness (QED) is 0.100. The standard InChI is InChI=1S/C66H45N3.C54H36N2/c1-2-15-46(16-3-1)50-17-12-18-51(43-50)47-31-37-54(38-32-47)67(55-39-33-48(34-40-55)52-19-13-21-57(44-52)68-63-27-8-4-23-59(63)60-24-5-9-28-64(60)68)56-41-35-49(36-42-56)53-20-14-22-58(45-53)69-65-29-10-6-25-61(65)62-26-7-11-30-66(62)69;1-2-14-37(15-3-1)38-28-30-39(31-29-38)42-32-43(40-16-12-18-45(35-40)55-51-24-8-4-20-47(51)48-21-5-9-25-52(48)55)34-44(33-42)41-17-13-19-46(36-41)56-53-26-10-6-22-49(53)50-23-7-11-27-54(50)56/h1-45H;1-36H.